The van der Waals surface area contributed by atoms with Gasteiger partial charge in [-0.2, -0.15) is 0 Å². The molecule has 1 aromatic heterocycles. The molecule has 110 valence electrons. The Labute approximate surface area is 125 Å². The van der Waals surface area contributed by atoms with E-state index in [1.54, 1.807) is 0 Å². The van der Waals surface area contributed by atoms with Gasteiger partial charge < -0.3 is 10.2 Å². The summed E-state index contributed by atoms with van der Waals surface area (Å²) < 4.78 is 0. The molecule has 0 aliphatic carbocycles. The Morgan fingerprint density at radius 2 is 1.90 bits per heavy atom. The number of nitrogens with zero attached hydrogens (tertiary/aromatic N) is 2. The van der Waals surface area contributed by atoms with Crippen LogP contribution in [0.2, 0.25) is 0 Å². The molecule has 1 amide bonds. The minimum absolute atomic E-state index is 0.0315. The van der Waals surface area contributed by atoms with E-state index in [4.69, 9.17) is 0 Å². The first-order valence-electron chi connectivity index (χ1n) is 7.46. The Morgan fingerprint density at radius 1 is 1.24 bits per heavy atom. The van der Waals surface area contributed by atoms with Crippen molar-refractivity contribution in [3.63, 3.8) is 0 Å². The third-order valence-electron chi connectivity index (χ3n) is 3.99. The molecule has 4 heteroatoms. The lowest BCUT2D eigenvalue weighted by molar-refractivity contribution is 0.0668. The maximum atomic E-state index is 12.7. The van der Waals surface area contributed by atoms with Crippen LogP contribution in [-0.4, -0.2) is 41.0 Å². The normalized spacial score (nSPS) is 22.5. The van der Waals surface area contributed by atoms with E-state index in [2.05, 4.69) is 24.1 Å². The predicted octanol–water partition coefficient (Wildman–Crippen LogP) is 2.37. The largest absolute Gasteiger partial charge is 0.334 e. The van der Waals surface area contributed by atoms with E-state index in [0.717, 1.165) is 29.6 Å². The smallest absolute Gasteiger partial charge is 0.272 e. The van der Waals surface area contributed by atoms with Crippen molar-refractivity contribution in [2.45, 2.75) is 32.9 Å². The highest BCUT2D eigenvalue weighted by Crippen LogP contribution is 2.19. The zero-order valence-electron chi connectivity index (χ0n) is 12.8. The van der Waals surface area contributed by atoms with Gasteiger partial charge in [-0.15, -0.1) is 0 Å². The number of nitrogens with one attached hydrogen (secondary N) is 1. The molecule has 0 bridgehead atoms. The van der Waals surface area contributed by atoms with Crippen molar-refractivity contribution in [3.8, 4) is 0 Å². The summed E-state index contributed by atoms with van der Waals surface area (Å²) in [6.45, 7) is 7.71. The summed E-state index contributed by atoms with van der Waals surface area (Å²) in [6.07, 6.45) is 0. The molecular weight excluding hydrogens is 262 g/mol. The van der Waals surface area contributed by atoms with Crippen molar-refractivity contribution in [1.29, 1.82) is 0 Å². The average Bonchev–Trinajstić information content (AvgIpc) is 2.45. The SMILES string of the molecule is Cc1cc(C(=O)N2C[C@@H](C)N[C@H](C)C2)nc2ccccc12. The summed E-state index contributed by atoms with van der Waals surface area (Å²) in [4.78, 5) is 19.2. The molecule has 0 unspecified atom stereocenters. The first-order valence-corrected chi connectivity index (χ1v) is 7.46. The molecule has 3 rings (SSSR count). The second-order valence-electron chi connectivity index (χ2n) is 6.02. The predicted molar refractivity (Wildman–Crippen MR) is 84.4 cm³/mol. The number of benzene rings is 1. The van der Waals surface area contributed by atoms with Crippen LogP contribution in [0.1, 0.15) is 29.9 Å². The van der Waals surface area contributed by atoms with Crippen molar-refractivity contribution in [2.24, 2.45) is 0 Å². The lowest BCUT2D eigenvalue weighted by Gasteiger charge is -2.36. The molecule has 1 aliphatic rings. The first kappa shape index (κ1) is 14.0. The number of carbonyl (C=O) groups excluding carboxylic acids is 1. The minimum Gasteiger partial charge on any atom is -0.334 e. The first-order chi connectivity index (χ1) is 10.0. The maximum absolute atomic E-state index is 12.7. The number of para-hydroxylation sites is 1. The summed E-state index contributed by atoms with van der Waals surface area (Å²) in [5.74, 6) is 0.0315. The van der Waals surface area contributed by atoms with Crippen molar-refractivity contribution in [3.05, 3.63) is 41.6 Å². The van der Waals surface area contributed by atoms with E-state index in [1.807, 2.05) is 42.2 Å². The van der Waals surface area contributed by atoms with E-state index in [-0.39, 0.29) is 5.91 Å². The van der Waals surface area contributed by atoms with Crippen LogP contribution in [0, 0.1) is 6.92 Å². The van der Waals surface area contributed by atoms with Crippen LogP contribution in [-0.2, 0) is 0 Å². The summed E-state index contributed by atoms with van der Waals surface area (Å²) in [6, 6.07) is 10.5. The van der Waals surface area contributed by atoms with Crippen molar-refractivity contribution in [2.75, 3.05) is 13.1 Å². The summed E-state index contributed by atoms with van der Waals surface area (Å²) in [5, 5.41) is 4.55. The monoisotopic (exact) mass is 283 g/mol. The van der Waals surface area contributed by atoms with Crippen LogP contribution in [0.3, 0.4) is 0 Å². The van der Waals surface area contributed by atoms with Crippen LogP contribution < -0.4 is 5.32 Å². The van der Waals surface area contributed by atoms with Crippen molar-refractivity contribution in [1.82, 2.24) is 15.2 Å². The molecule has 0 spiro atoms. The van der Waals surface area contributed by atoms with Crippen LogP contribution in [0.25, 0.3) is 10.9 Å². The van der Waals surface area contributed by atoms with Gasteiger partial charge in [-0.25, -0.2) is 4.98 Å². The summed E-state index contributed by atoms with van der Waals surface area (Å²) >= 11 is 0. The number of rotatable bonds is 1. The average molecular weight is 283 g/mol. The summed E-state index contributed by atoms with van der Waals surface area (Å²) in [7, 11) is 0. The molecular formula is C17H21N3O. The van der Waals surface area contributed by atoms with Crippen molar-refractivity contribution >= 4 is 16.8 Å². The number of aromatic nitrogens is 1. The number of hydrogen-bond acceptors (Lipinski definition) is 3. The van der Waals surface area contributed by atoms with Gasteiger partial charge in [-0.3, -0.25) is 4.79 Å². The molecule has 2 aromatic rings. The minimum atomic E-state index is 0.0315. The highest BCUT2D eigenvalue weighted by molar-refractivity contribution is 5.96. The van der Waals surface area contributed by atoms with Crippen LogP contribution in [0.4, 0.5) is 0 Å². The molecule has 4 nitrogen and oxygen atoms in total. The molecule has 1 aliphatic heterocycles. The number of carbonyl (C=O) groups is 1. The van der Waals surface area contributed by atoms with Gasteiger partial charge in [0.2, 0.25) is 0 Å². The van der Waals surface area contributed by atoms with Crippen LogP contribution in [0.15, 0.2) is 30.3 Å². The standard InChI is InChI=1S/C17H21N3O/c1-11-8-16(19-15-7-5-4-6-14(11)15)17(21)20-9-12(2)18-13(3)10-20/h4-8,12-13,18H,9-10H2,1-3H3/t12-,13-/m1/s1. The van der Waals surface area contributed by atoms with Gasteiger partial charge in [-0.05, 0) is 38.5 Å². The van der Waals surface area contributed by atoms with E-state index < -0.39 is 0 Å². The van der Waals surface area contributed by atoms with Crippen LogP contribution >= 0.6 is 0 Å². The number of pyridine rings is 1. The van der Waals surface area contributed by atoms with Gasteiger partial charge in [0, 0.05) is 30.6 Å². The fraction of sp³-hybridized carbons (Fsp3) is 0.412. The third kappa shape index (κ3) is 2.76. The van der Waals surface area contributed by atoms with Gasteiger partial charge in [0.15, 0.2) is 0 Å². The highest BCUT2D eigenvalue weighted by Gasteiger charge is 2.26. The Hall–Kier alpha value is -1.94. The summed E-state index contributed by atoms with van der Waals surface area (Å²) in [5.41, 5.74) is 2.53. The molecule has 1 saturated heterocycles. The van der Waals surface area contributed by atoms with Crippen LogP contribution in [0.5, 0.6) is 0 Å². The number of fused-ring (bicyclic) bond motifs is 1. The van der Waals surface area contributed by atoms with E-state index >= 15 is 0 Å². The zero-order chi connectivity index (χ0) is 15.0. The Kier molecular flexibility index (Phi) is 3.64. The number of piperazine rings is 1. The number of aryl methyl sites for hydroxylation is 1. The van der Waals surface area contributed by atoms with Gasteiger partial charge >= 0.3 is 0 Å². The van der Waals surface area contributed by atoms with Crippen molar-refractivity contribution < 1.29 is 4.79 Å². The number of amides is 1. The topological polar surface area (TPSA) is 45.2 Å². The molecule has 2 heterocycles. The zero-order valence-corrected chi connectivity index (χ0v) is 12.8. The maximum Gasteiger partial charge on any atom is 0.272 e. The Bertz CT molecular complexity index is 673. The van der Waals surface area contributed by atoms with E-state index in [9.17, 15) is 4.79 Å². The van der Waals surface area contributed by atoms with Gasteiger partial charge in [0.05, 0.1) is 5.52 Å². The Balaban J connectivity index is 1.94. The lowest BCUT2D eigenvalue weighted by atomic mass is 10.1. The molecule has 0 radical (unpaired) electrons. The van der Waals surface area contributed by atoms with Gasteiger partial charge in [0.25, 0.3) is 5.91 Å². The Morgan fingerprint density at radius 3 is 2.62 bits per heavy atom. The second kappa shape index (κ2) is 5.45. The van der Waals surface area contributed by atoms with Gasteiger partial charge in [-0.1, -0.05) is 18.2 Å². The lowest BCUT2D eigenvalue weighted by Crippen LogP contribution is -2.55. The molecule has 1 fully saturated rings. The molecule has 21 heavy (non-hydrogen) atoms. The fourth-order valence-corrected chi connectivity index (χ4v) is 3.11. The fourth-order valence-electron chi connectivity index (χ4n) is 3.11. The van der Waals surface area contributed by atoms with E-state index in [0.29, 0.717) is 17.8 Å². The quantitative estimate of drug-likeness (QED) is 0.874. The molecule has 0 saturated carbocycles. The third-order valence-corrected chi connectivity index (χ3v) is 3.99. The molecule has 2 atom stereocenters. The van der Waals surface area contributed by atoms with E-state index in [1.165, 1.54) is 0 Å². The highest BCUT2D eigenvalue weighted by atomic mass is 16.2. The van der Waals surface area contributed by atoms with Gasteiger partial charge in [0.1, 0.15) is 5.69 Å². The number of hydrogen-bond donors (Lipinski definition) is 1. The second-order valence-corrected chi connectivity index (χ2v) is 6.02. The molecule has 1 N–H and O–H groups in total. The molecule has 1 aromatic carbocycles.